The van der Waals surface area contributed by atoms with Crippen LogP contribution in [0.5, 0.6) is 34.5 Å². The summed E-state index contributed by atoms with van der Waals surface area (Å²) in [4.78, 5) is 0. The van der Waals surface area contributed by atoms with E-state index in [1.165, 1.54) is 66.8 Å². The van der Waals surface area contributed by atoms with Gasteiger partial charge >= 0.3 is 0 Å². The average Bonchev–Trinajstić information content (AvgIpc) is 0.722. The van der Waals surface area contributed by atoms with E-state index >= 15 is 0 Å². The molecule has 0 heterocycles. The van der Waals surface area contributed by atoms with E-state index in [0.29, 0.717) is 39.6 Å². The smallest absolute Gasteiger partial charge is 0.119 e. The SMILES string of the molecule is Cc1cc(C)cc(COc2ccc(C(C)(c3ccc(OCc4cc(C)cc(C)c4)cc3)c3cc(C(C)(c4ccc(OCc5cc(C)cc(C)c5)cc4)c4ccc(OCc5cc(C)cc(C)c5)cc4)cc(C(C)(c4ccc(OCc5cc(C)cc(C)c5)cc4)c4ccc(OCc5cc(C)cc(C)c5)cc4)c3)cc2)c1. The van der Waals surface area contributed by atoms with Gasteiger partial charge < -0.3 is 28.4 Å². The highest BCUT2D eigenvalue weighted by Gasteiger charge is 2.40. The van der Waals surface area contributed by atoms with Gasteiger partial charge in [-0.3, -0.25) is 0 Å². The first-order valence-corrected chi connectivity index (χ1v) is 37.9. The lowest BCUT2D eigenvalue weighted by Gasteiger charge is -2.39. The van der Waals surface area contributed by atoms with Crippen molar-refractivity contribution in [3.8, 4) is 34.5 Å². The lowest BCUT2D eigenvalue weighted by Crippen LogP contribution is -2.32. The Balaban J connectivity index is 1.01. The van der Waals surface area contributed by atoms with Gasteiger partial charge in [-0.2, -0.15) is 0 Å². The topological polar surface area (TPSA) is 55.4 Å². The van der Waals surface area contributed by atoms with Crippen molar-refractivity contribution in [3.63, 3.8) is 0 Å². The number of aryl methyl sites for hydroxylation is 12. The second-order valence-corrected chi connectivity index (χ2v) is 31.0. The van der Waals surface area contributed by atoms with Gasteiger partial charge in [-0.15, -0.1) is 0 Å². The Morgan fingerprint density at radius 2 is 0.278 bits per heavy atom. The second kappa shape index (κ2) is 32.4. The molecule has 0 aromatic heterocycles. The maximum atomic E-state index is 6.67. The molecule has 0 bridgehead atoms. The predicted octanol–water partition coefficient (Wildman–Crippen LogP) is 24.9. The number of rotatable bonds is 27. The molecule has 0 aliphatic heterocycles. The summed E-state index contributed by atoms with van der Waals surface area (Å²) in [6.07, 6.45) is 0. The summed E-state index contributed by atoms with van der Waals surface area (Å²) in [5, 5.41) is 0. The van der Waals surface area contributed by atoms with E-state index in [-0.39, 0.29) is 0 Å². The molecule has 108 heavy (non-hydrogen) atoms. The lowest BCUT2D eigenvalue weighted by atomic mass is 9.63. The van der Waals surface area contributed by atoms with Crippen LogP contribution in [0.3, 0.4) is 0 Å². The van der Waals surface area contributed by atoms with Crippen LogP contribution < -0.4 is 28.4 Å². The van der Waals surface area contributed by atoms with Gasteiger partial charge in [-0.25, -0.2) is 0 Å². The third-order valence-electron chi connectivity index (χ3n) is 21.4. The molecule has 13 rings (SSSR count). The highest BCUT2D eigenvalue weighted by Crippen LogP contribution is 2.50. The molecule has 6 heteroatoms. The van der Waals surface area contributed by atoms with Crippen LogP contribution in [0.4, 0.5) is 0 Å². The monoisotopic (exact) mass is 1420 g/mol. The van der Waals surface area contributed by atoms with Gasteiger partial charge in [0.15, 0.2) is 0 Å². The molecule has 0 saturated carbocycles. The molecule has 13 aromatic rings. The highest BCUT2D eigenvalue weighted by atomic mass is 16.5. The van der Waals surface area contributed by atoms with Gasteiger partial charge in [0.25, 0.3) is 0 Å². The van der Waals surface area contributed by atoms with Crippen LogP contribution in [0.15, 0.2) is 273 Å². The molecule has 0 saturated heterocycles. The molecule has 0 aliphatic rings. The molecule has 0 unspecified atom stereocenters. The normalized spacial score (nSPS) is 11.7. The second-order valence-electron chi connectivity index (χ2n) is 31.0. The summed E-state index contributed by atoms with van der Waals surface area (Å²) in [6.45, 7) is 35.5. The third-order valence-corrected chi connectivity index (χ3v) is 21.4. The maximum absolute atomic E-state index is 6.67. The minimum Gasteiger partial charge on any atom is -0.489 e. The van der Waals surface area contributed by atoms with Crippen molar-refractivity contribution in [1.29, 1.82) is 0 Å². The van der Waals surface area contributed by atoms with E-state index in [1.807, 2.05) is 0 Å². The Hall–Kier alpha value is -11.3. The molecular formula is C102H102O6. The molecule has 6 nitrogen and oxygen atoms in total. The third kappa shape index (κ3) is 17.7. The summed E-state index contributed by atoms with van der Waals surface area (Å²) in [5.74, 6) is 4.73. The first-order chi connectivity index (χ1) is 51.9. The van der Waals surface area contributed by atoms with Gasteiger partial charge in [0.1, 0.15) is 74.1 Å². The molecule has 0 aliphatic carbocycles. The molecule has 13 aromatic carbocycles. The zero-order chi connectivity index (χ0) is 75.9. The van der Waals surface area contributed by atoms with Crippen LogP contribution in [0.2, 0.25) is 0 Å². The Bertz CT molecular complexity index is 4340. The van der Waals surface area contributed by atoms with E-state index < -0.39 is 16.2 Å². The van der Waals surface area contributed by atoms with Crippen molar-refractivity contribution < 1.29 is 28.4 Å². The summed E-state index contributed by atoms with van der Waals surface area (Å²) < 4.78 is 40.0. The summed E-state index contributed by atoms with van der Waals surface area (Å²) in [6, 6.07) is 99.8. The fraction of sp³-hybridized carbons (Fsp3) is 0.235. The molecule has 0 N–H and O–H groups in total. The first-order valence-electron chi connectivity index (χ1n) is 37.9. The van der Waals surface area contributed by atoms with Crippen LogP contribution in [-0.4, -0.2) is 0 Å². The summed E-state index contributed by atoms with van der Waals surface area (Å²) in [7, 11) is 0. The van der Waals surface area contributed by atoms with Crippen molar-refractivity contribution in [1.82, 2.24) is 0 Å². The zero-order valence-corrected chi connectivity index (χ0v) is 65.7. The molecule has 0 radical (unpaired) electrons. The van der Waals surface area contributed by atoms with Crippen molar-refractivity contribution in [3.05, 3.63) is 423 Å². The summed E-state index contributed by atoms with van der Waals surface area (Å²) >= 11 is 0. The molecular weight excluding hydrogens is 1320 g/mol. The zero-order valence-electron chi connectivity index (χ0n) is 65.7. The standard InChI is InChI=1S/C102H102O6/c1-67-40-68(2)47-79(46-67)61-103-94-28-16-85(17-29-94)100(13,86-18-30-95(31-19-86)104-62-80-48-69(3)41-70(4)49-80)91-58-92(101(14,87-20-32-96(33-21-87)105-63-81-50-71(5)42-72(6)51-81)88-22-34-97(35-23-88)106-64-82-52-73(7)43-74(8)53-82)60-93(59-91)102(15,89-24-36-98(37-25-89)107-65-83-54-75(9)44-76(10)55-83)90-26-38-99(39-27-90)108-66-84-56-77(11)45-78(12)57-84/h16-60H,61-66H2,1-15H3. The molecule has 0 atom stereocenters. The largest absolute Gasteiger partial charge is 0.489 e. The van der Waals surface area contributed by atoms with Crippen molar-refractivity contribution >= 4 is 0 Å². The van der Waals surface area contributed by atoms with Crippen LogP contribution >= 0.6 is 0 Å². The van der Waals surface area contributed by atoms with Crippen molar-refractivity contribution in [2.45, 2.75) is 160 Å². The first kappa shape index (κ1) is 74.9. The molecule has 0 fully saturated rings. The molecule has 0 spiro atoms. The van der Waals surface area contributed by atoms with Gasteiger partial charge in [-0.1, -0.05) is 267 Å². The average molecular weight is 1420 g/mol. The molecule has 546 valence electrons. The Morgan fingerprint density at radius 3 is 0.398 bits per heavy atom. The van der Waals surface area contributed by atoms with Gasteiger partial charge in [-0.05, 0) is 260 Å². The van der Waals surface area contributed by atoms with Gasteiger partial charge in [0, 0.05) is 16.2 Å². The predicted molar refractivity (Wildman–Crippen MR) is 443 cm³/mol. The van der Waals surface area contributed by atoms with Gasteiger partial charge in [0.2, 0.25) is 0 Å². The number of benzene rings is 13. The minimum atomic E-state index is -0.819. The van der Waals surface area contributed by atoms with Crippen LogP contribution in [0.1, 0.15) is 171 Å². The van der Waals surface area contributed by atoms with E-state index in [4.69, 9.17) is 28.4 Å². The van der Waals surface area contributed by atoms with E-state index in [9.17, 15) is 0 Å². The number of ether oxygens (including phenoxy) is 6. The highest BCUT2D eigenvalue weighted by molar-refractivity contribution is 5.62. The Labute approximate surface area is 642 Å². The van der Waals surface area contributed by atoms with Gasteiger partial charge in [0.05, 0.1) is 0 Å². The maximum Gasteiger partial charge on any atom is 0.119 e. The number of hydrogen-bond acceptors (Lipinski definition) is 6. The molecule has 0 amide bonds. The van der Waals surface area contributed by atoms with E-state index in [1.54, 1.807) is 0 Å². The van der Waals surface area contributed by atoms with Crippen molar-refractivity contribution in [2.24, 2.45) is 0 Å². The summed E-state index contributed by atoms with van der Waals surface area (Å²) in [5.41, 5.74) is 28.7. The quantitative estimate of drug-likeness (QED) is 0.0478. The van der Waals surface area contributed by atoms with Crippen LogP contribution in [-0.2, 0) is 55.9 Å². The number of hydrogen-bond donors (Lipinski definition) is 0. The fourth-order valence-electron chi connectivity index (χ4n) is 16.2. The van der Waals surface area contributed by atoms with E-state index in [0.717, 1.165) is 118 Å². The van der Waals surface area contributed by atoms with Crippen molar-refractivity contribution in [2.75, 3.05) is 0 Å². The minimum absolute atomic E-state index is 0.448. The fourth-order valence-corrected chi connectivity index (χ4v) is 16.2. The van der Waals surface area contributed by atoms with E-state index in [2.05, 4.69) is 377 Å². The van der Waals surface area contributed by atoms with Crippen LogP contribution in [0.25, 0.3) is 0 Å². The lowest BCUT2D eigenvalue weighted by molar-refractivity contribution is 0.305. The Kier molecular flexibility index (Phi) is 22.5. The van der Waals surface area contributed by atoms with Crippen LogP contribution in [0, 0.1) is 83.1 Å². The Morgan fingerprint density at radius 1 is 0.157 bits per heavy atom.